The molecule has 1 saturated carbocycles. The lowest BCUT2D eigenvalue weighted by Gasteiger charge is -2.25. The van der Waals surface area contributed by atoms with E-state index >= 15 is 0 Å². The van der Waals surface area contributed by atoms with Gasteiger partial charge in [-0.05, 0) is 37.8 Å². The van der Waals surface area contributed by atoms with E-state index in [2.05, 4.69) is 20.0 Å². The van der Waals surface area contributed by atoms with Gasteiger partial charge in [-0.1, -0.05) is 30.7 Å². The summed E-state index contributed by atoms with van der Waals surface area (Å²) in [5.74, 6) is 0. The molecule has 0 amide bonds. The van der Waals surface area contributed by atoms with Crippen molar-refractivity contribution in [3.63, 3.8) is 0 Å². The van der Waals surface area contributed by atoms with E-state index in [0.29, 0.717) is 24.2 Å². The van der Waals surface area contributed by atoms with Gasteiger partial charge in [-0.25, -0.2) is 19.2 Å². The number of hydrogen-bond acceptors (Lipinski definition) is 8. The van der Waals surface area contributed by atoms with Crippen LogP contribution in [0.3, 0.4) is 0 Å². The van der Waals surface area contributed by atoms with Crippen LogP contribution >= 0.6 is 0 Å². The van der Waals surface area contributed by atoms with Crippen molar-refractivity contribution >= 4 is 46.5 Å². The summed E-state index contributed by atoms with van der Waals surface area (Å²) in [4.78, 5) is 55.0. The first-order valence-electron chi connectivity index (χ1n) is 8.55. The molecule has 0 heterocycles. The number of nitrogens with zero attached hydrogens (tertiary/aromatic N) is 4. The zero-order valence-electron chi connectivity index (χ0n) is 14.9. The lowest BCUT2D eigenvalue weighted by molar-refractivity contribution is 0.309. The van der Waals surface area contributed by atoms with Crippen molar-refractivity contribution in [2.24, 2.45) is 20.0 Å². The van der Waals surface area contributed by atoms with Gasteiger partial charge in [0.2, 0.25) is 24.3 Å². The maximum absolute atomic E-state index is 10.3. The van der Waals surface area contributed by atoms with Crippen LogP contribution in [-0.4, -0.2) is 30.0 Å². The second kappa shape index (κ2) is 10.4. The molecule has 0 N–H and O–H groups in total. The highest BCUT2D eigenvalue weighted by Gasteiger charge is 2.31. The summed E-state index contributed by atoms with van der Waals surface area (Å²) in [5, 5.41) is 1.50. The van der Waals surface area contributed by atoms with Gasteiger partial charge < -0.3 is 0 Å². The Balaban J connectivity index is 0.000000209. The first-order chi connectivity index (χ1) is 13.7. The van der Waals surface area contributed by atoms with Crippen LogP contribution in [0.1, 0.15) is 32.1 Å². The van der Waals surface area contributed by atoms with Crippen molar-refractivity contribution in [3.05, 3.63) is 36.4 Å². The average molecular weight is 376 g/mol. The normalized spacial score (nSPS) is 14.0. The molecule has 2 aromatic carbocycles. The predicted octanol–water partition coefficient (Wildman–Crippen LogP) is 4.09. The third-order valence-corrected chi connectivity index (χ3v) is 4.37. The van der Waals surface area contributed by atoms with Crippen molar-refractivity contribution in [1.82, 2.24) is 0 Å². The molecule has 0 bridgehead atoms. The largest absolute Gasteiger partial charge is 0.240 e. The van der Waals surface area contributed by atoms with Gasteiger partial charge in [0.1, 0.15) is 0 Å². The number of hydrogen-bond donors (Lipinski definition) is 0. The Hall–Kier alpha value is -3.78. The quantitative estimate of drug-likeness (QED) is 0.590. The van der Waals surface area contributed by atoms with Crippen LogP contribution in [0.2, 0.25) is 0 Å². The Morgan fingerprint density at radius 1 is 0.643 bits per heavy atom. The topological polar surface area (TPSA) is 118 Å². The number of aliphatic imine (C=N–C) groups is 4. The number of rotatable bonds is 4. The lowest BCUT2D eigenvalue weighted by Crippen LogP contribution is -2.26. The van der Waals surface area contributed by atoms with E-state index in [-0.39, 0.29) is 0 Å². The van der Waals surface area contributed by atoms with Gasteiger partial charge in [-0.3, -0.25) is 0 Å². The molecule has 3 rings (SSSR count). The Kier molecular flexibility index (Phi) is 7.62. The summed E-state index contributed by atoms with van der Waals surface area (Å²) >= 11 is 0. The standard InChI is InChI=1S/C12H6N2O2.C8H10N2O2/c15-7-13-11-5-1-3-9-10(11)4-2-6-12(9)14-8-16;11-6-9-8(10-7-12)4-2-1-3-5-8/h1-6H;1-5H2. The summed E-state index contributed by atoms with van der Waals surface area (Å²) in [5.41, 5.74) is 0.202. The van der Waals surface area contributed by atoms with Crippen molar-refractivity contribution in [1.29, 1.82) is 0 Å². The minimum Gasteiger partial charge on any atom is -0.211 e. The molecule has 28 heavy (non-hydrogen) atoms. The van der Waals surface area contributed by atoms with Crippen LogP contribution < -0.4 is 0 Å². The smallest absolute Gasteiger partial charge is 0.211 e. The molecule has 1 fully saturated rings. The fraction of sp³-hybridized carbons (Fsp3) is 0.300. The maximum Gasteiger partial charge on any atom is 0.240 e. The first-order valence-corrected chi connectivity index (χ1v) is 8.55. The number of benzene rings is 2. The van der Waals surface area contributed by atoms with E-state index < -0.39 is 5.66 Å². The summed E-state index contributed by atoms with van der Waals surface area (Å²) in [6, 6.07) is 10.5. The SMILES string of the molecule is O=C=NC1(N=C=O)CCCCC1.O=C=Nc1cccc2c(N=C=O)cccc12. The van der Waals surface area contributed by atoms with E-state index in [1.165, 1.54) is 24.3 Å². The highest BCUT2D eigenvalue weighted by atomic mass is 16.1. The Morgan fingerprint density at radius 3 is 1.50 bits per heavy atom. The van der Waals surface area contributed by atoms with E-state index in [4.69, 9.17) is 0 Å². The van der Waals surface area contributed by atoms with E-state index in [1.54, 1.807) is 36.4 Å². The van der Waals surface area contributed by atoms with E-state index in [0.717, 1.165) is 30.0 Å². The van der Waals surface area contributed by atoms with Crippen LogP contribution in [0.5, 0.6) is 0 Å². The van der Waals surface area contributed by atoms with Gasteiger partial charge in [0.05, 0.1) is 11.4 Å². The van der Waals surface area contributed by atoms with Crippen LogP contribution in [0.4, 0.5) is 11.4 Å². The van der Waals surface area contributed by atoms with Gasteiger partial charge >= 0.3 is 0 Å². The second-order valence-electron chi connectivity index (χ2n) is 6.00. The fourth-order valence-corrected chi connectivity index (χ4v) is 3.11. The van der Waals surface area contributed by atoms with Gasteiger partial charge in [0, 0.05) is 10.8 Å². The molecular formula is C20H16N4O4. The van der Waals surface area contributed by atoms with Crippen LogP contribution in [-0.2, 0) is 19.2 Å². The monoisotopic (exact) mass is 376 g/mol. The molecule has 1 aliphatic rings. The number of carbonyl (C=O) groups excluding carboxylic acids is 4. The Morgan fingerprint density at radius 2 is 1.11 bits per heavy atom. The molecule has 1 aliphatic carbocycles. The van der Waals surface area contributed by atoms with Gasteiger partial charge in [0.15, 0.2) is 5.66 Å². The second-order valence-corrected chi connectivity index (χ2v) is 6.00. The van der Waals surface area contributed by atoms with Crippen molar-refractivity contribution in [3.8, 4) is 0 Å². The minimum absolute atomic E-state index is 0.510. The number of fused-ring (bicyclic) bond motifs is 1. The summed E-state index contributed by atoms with van der Waals surface area (Å²) in [6.45, 7) is 0. The molecule has 8 heteroatoms. The van der Waals surface area contributed by atoms with Crippen molar-refractivity contribution in [2.45, 2.75) is 37.8 Å². The maximum atomic E-state index is 10.3. The summed E-state index contributed by atoms with van der Waals surface area (Å²) < 4.78 is 0. The van der Waals surface area contributed by atoms with Gasteiger partial charge in [-0.2, -0.15) is 20.0 Å². The molecule has 0 unspecified atom stereocenters. The highest BCUT2D eigenvalue weighted by molar-refractivity contribution is 6.00. The van der Waals surface area contributed by atoms with Crippen molar-refractivity contribution < 1.29 is 19.2 Å². The third-order valence-electron chi connectivity index (χ3n) is 4.37. The molecular weight excluding hydrogens is 360 g/mol. The molecule has 2 aromatic rings. The van der Waals surface area contributed by atoms with E-state index in [1.807, 2.05) is 0 Å². The highest BCUT2D eigenvalue weighted by Crippen LogP contribution is 2.32. The summed E-state index contributed by atoms with van der Waals surface area (Å²) in [7, 11) is 0. The van der Waals surface area contributed by atoms with Crippen LogP contribution in [0.15, 0.2) is 56.4 Å². The molecule has 0 saturated heterocycles. The lowest BCUT2D eigenvalue weighted by atomic mass is 9.90. The molecule has 0 aromatic heterocycles. The molecule has 0 radical (unpaired) electrons. The zero-order valence-corrected chi connectivity index (χ0v) is 14.9. The fourth-order valence-electron chi connectivity index (χ4n) is 3.11. The zero-order chi connectivity index (χ0) is 20.2. The van der Waals surface area contributed by atoms with Gasteiger partial charge in [-0.15, -0.1) is 0 Å². The molecule has 0 spiro atoms. The Bertz CT molecular complexity index is 956. The molecule has 140 valence electrons. The van der Waals surface area contributed by atoms with E-state index in [9.17, 15) is 19.2 Å². The molecule has 8 nitrogen and oxygen atoms in total. The van der Waals surface area contributed by atoms with Crippen LogP contribution in [0, 0.1) is 0 Å². The molecule has 0 aliphatic heterocycles. The number of isocyanates is 4. The average Bonchev–Trinajstić information content (AvgIpc) is 2.71. The van der Waals surface area contributed by atoms with Gasteiger partial charge in [0.25, 0.3) is 0 Å². The summed E-state index contributed by atoms with van der Waals surface area (Å²) in [6.07, 6.45) is 10.3. The Labute approximate surface area is 160 Å². The third kappa shape index (κ3) is 5.12. The van der Waals surface area contributed by atoms with Crippen LogP contribution in [0.25, 0.3) is 10.8 Å². The van der Waals surface area contributed by atoms with Crippen molar-refractivity contribution in [2.75, 3.05) is 0 Å². The first kappa shape index (κ1) is 20.5. The minimum atomic E-state index is -0.818. The predicted molar refractivity (Wildman–Crippen MR) is 102 cm³/mol. The molecule has 0 atom stereocenters.